The number of nitrogens with zero attached hydrogens (tertiary/aromatic N) is 2. The zero-order valence-electron chi connectivity index (χ0n) is 17.2. The number of benzene rings is 2. The number of carbonyl (C=O) groups is 1. The third-order valence-corrected chi connectivity index (χ3v) is 6.73. The van der Waals surface area contributed by atoms with E-state index >= 15 is 0 Å². The number of sulfonamides is 1. The van der Waals surface area contributed by atoms with Gasteiger partial charge in [0.1, 0.15) is 5.82 Å². The Morgan fingerprint density at radius 1 is 1.13 bits per heavy atom. The number of rotatable bonds is 6. The summed E-state index contributed by atoms with van der Waals surface area (Å²) in [5, 5.41) is 9.26. The highest BCUT2D eigenvalue weighted by molar-refractivity contribution is 7.89. The van der Waals surface area contributed by atoms with Crippen LogP contribution in [0.15, 0.2) is 47.4 Å². The van der Waals surface area contributed by atoms with E-state index in [1.54, 1.807) is 44.2 Å². The molecular formula is C21H23FN4O3S. The van der Waals surface area contributed by atoms with Crippen molar-refractivity contribution in [3.63, 3.8) is 0 Å². The number of anilines is 1. The second-order valence-electron chi connectivity index (χ2n) is 7.21. The molecule has 0 aliphatic heterocycles. The Bertz CT molecular complexity index is 1180. The predicted molar refractivity (Wildman–Crippen MR) is 113 cm³/mol. The van der Waals surface area contributed by atoms with E-state index in [1.165, 1.54) is 19.2 Å². The maximum atomic E-state index is 13.4. The first-order chi connectivity index (χ1) is 14.1. The van der Waals surface area contributed by atoms with Gasteiger partial charge in [0.25, 0.3) is 0 Å². The second kappa shape index (κ2) is 8.37. The third kappa shape index (κ3) is 4.58. The zero-order valence-corrected chi connectivity index (χ0v) is 18.0. The Labute approximate surface area is 175 Å². The average molecular weight is 431 g/mol. The van der Waals surface area contributed by atoms with Crippen molar-refractivity contribution < 1.29 is 17.6 Å². The van der Waals surface area contributed by atoms with E-state index in [2.05, 4.69) is 15.5 Å². The summed E-state index contributed by atoms with van der Waals surface area (Å²) in [6.45, 7) is 4.99. The minimum atomic E-state index is -3.84. The van der Waals surface area contributed by atoms with Crippen LogP contribution in [-0.2, 0) is 14.8 Å². The average Bonchev–Trinajstić information content (AvgIpc) is 3.08. The maximum absolute atomic E-state index is 13.4. The Morgan fingerprint density at radius 2 is 1.80 bits per heavy atom. The molecule has 1 amide bonds. The van der Waals surface area contributed by atoms with Crippen LogP contribution in [0.2, 0.25) is 0 Å². The van der Waals surface area contributed by atoms with Crippen LogP contribution in [0.25, 0.3) is 11.3 Å². The van der Waals surface area contributed by atoms with Crippen molar-refractivity contribution in [2.75, 3.05) is 18.9 Å². The van der Waals surface area contributed by atoms with Crippen LogP contribution in [0.3, 0.4) is 0 Å². The van der Waals surface area contributed by atoms with Gasteiger partial charge in [0.2, 0.25) is 15.9 Å². The van der Waals surface area contributed by atoms with Gasteiger partial charge in [-0.2, -0.15) is 9.40 Å². The molecular weight excluding hydrogens is 407 g/mol. The Balaban J connectivity index is 1.72. The molecule has 158 valence electrons. The number of amides is 1. The summed E-state index contributed by atoms with van der Waals surface area (Å²) >= 11 is 0. The van der Waals surface area contributed by atoms with E-state index < -0.39 is 15.9 Å². The molecule has 30 heavy (non-hydrogen) atoms. The van der Waals surface area contributed by atoms with E-state index in [4.69, 9.17) is 0 Å². The number of carbonyl (C=O) groups excluding carboxylic acids is 1. The molecule has 0 aliphatic carbocycles. The van der Waals surface area contributed by atoms with Gasteiger partial charge in [-0.3, -0.25) is 9.89 Å². The van der Waals surface area contributed by atoms with Crippen molar-refractivity contribution >= 4 is 21.7 Å². The number of aryl methyl sites for hydroxylation is 3. The van der Waals surface area contributed by atoms with Gasteiger partial charge in [-0.25, -0.2) is 12.8 Å². The molecule has 0 radical (unpaired) electrons. The molecule has 3 rings (SSSR count). The van der Waals surface area contributed by atoms with Gasteiger partial charge >= 0.3 is 0 Å². The highest BCUT2D eigenvalue weighted by Gasteiger charge is 2.26. The lowest BCUT2D eigenvalue weighted by Gasteiger charge is -2.20. The van der Waals surface area contributed by atoms with Crippen LogP contribution in [0.4, 0.5) is 10.2 Å². The van der Waals surface area contributed by atoms with Crippen LogP contribution in [0, 0.1) is 26.6 Å². The first kappa shape index (κ1) is 21.7. The zero-order chi connectivity index (χ0) is 22.1. The van der Waals surface area contributed by atoms with Gasteiger partial charge in [-0.15, -0.1) is 0 Å². The summed E-state index contributed by atoms with van der Waals surface area (Å²) in [6, 6.07) is 11.1. The van der Waals surface area contributed by atoms with E-state index in [1.807, 2.05) is 6.92 Å². The number of halogens is 1. The summed E-state index contributed by atoms with van der Waals surface area (Å²) in [5.41, 5.74) is 3.33. The lowest BCUT2D eigenvalue weighted by atomic mass is 10.1. The minimum Gasteiger partial charge on any atom is -0.308 e. The van der Waals surface area contributed by atoms with Crippen molar-refractivity contribution in [3.8, 4) is 11.3 Å². The molecule has 1 aromatic heterocycles. The molecule has 0 spiro atoms. The molecule has 0 aliphatic rings. The van der Waals surface area contributed by atoms with Crippen LogP contribution >= 0.6 is 0 Å². The topological polar surface area (TPSA) is 95.2 Å². The Morgan fingerprint density at radius 3 is 2.43 bits per heavy atom. The molecule has 3 aromatic rings. The number of hydrogen-bond donors (Lipinski definition) is 2. The monoisotopic (exact) mass is 430 g/mol. The van der Waals surface area contributed by atoms with Gasteiger partial charge in [0, 0.05) is 18.7 Å². The fraction of sp³-hybridized carbons (Fsp3) is 0.238. The summed E-state index contributed by atoms with van der Waals surface area (Å²) in [5.74, 6) is -0.713. The molecule has 1 heterocycles. The molecule has 0 saturated carbocycles. The van der Waals surface area contributed by atoms with Crippen LogP contribution in [0.1, 0.15) is 16.7 Å². The molecule has 7 nitrogen and oxygen atoms in total. The highest BCUT2D eigenvalue weighted by atomic mass is 32.2. The first-order valence-electron chi connectivity index (χ1n) is 9.23. The second-order valence-corrected chi connectivity index (χ2v) is 9.20. The van der Waals surface area contributed by atoms with Crippen LogP contribution in [0.5, 0.6) is 0 Å². The van der Waals surface area contributed by atoms with Crippen molar-refractivity contribution in [1.29, 1.82) is 0 Å². The summed E-state index contributed by atoms with van der Waals surface area (Å²) in [7, 11) is -2.49. The van der Waals surface area contributed by atoms with Gasteiger partial charge in [-0.05, 0) is 44.0 Å². The molecule has 2 aromatic carbocycles. The van der Waals surface area contributed by atoms with Gasteiger partial charge in [0.05, 0.1) is 17.1 Å². The normalized spacial score (nSPS) is 11.7. The van der Waals surface area contributed by atoms with E-state index in [0.29, 0.717) is 22.4 Å². The van der Waals surface area contributed by atoms with E-state index in [0.717, 1.165) is 9.87 Å². The lowest BCUT2D eigenvalue weighted by molar-refractivity contribution is -0.116. The minimum absolute atomic E-state index is 0.205. The highest BCUT2D eigenvalue weighted by Crippen LogP contribution is 2.25. The third-order valence-electron chi connectivity index (χ3n) is 4.62. The number of hydrogen-bond acceptors (Lipinski definition) is 4. The lowest BCUT2D eigenvalue weighted by Crippen LogP contribution is -2.35. The van der Waals surface area contributed by atoms with Crippen molar-refractivity contribution in [2.24, 2.45) is 0 Å². The largest absolute Gasteiger partial charge is 0.308 e. The van der Waals surface area contributed by atoms with E-state index in [-0.39, 0.29) is 23.1 Å². The smallest absolute Gasteiger partial charge is 0.243 e. The molecule has 0 saturated heterocycles. The quantitative estimate of drug-likeness (QED) is 0.627. The number of likely N-dealkylation sites (N-methyl/N-ethyl adjacent to an activating group) is 1. The SMILES string of the molecule is Cc1cc(C)c(S(=O)(=O)N(C)CC(=O)Nc2cc(-c3cccc(F)c3)[nH]n2)c(C)c1. The number of nitrogens with one attached hydrogen (secondary N) is 2. The first-order valence-corrected chi connectivity index (χ1v) is 10.7. The fourth-order valence-electron chi connectivity index (χ4n) is 3.39. The fourth-order valence-corrected chi connectivity index (χ4v) is 4.92. The summed E-state index contributed by atoms with van der Waals surface area (Å²) < 4.78 is 40.3. The van der Waals surface area contributed by atoms with Crippen molar-refractivity contribution in [2.45, 2.75) is 25.7 Å². The van der Waals surface area contributed by atoms with Gasteiger partial charge in [0.15, 0.2) is 5.82 Å². The standard InChI is InChI=1S/C21H23FN4O3S/c1-13-8-14(2)21(15(3)9-13)30(28,29)26(4)12-20(27)23-19-11-18(24-25-19)16-6-5-7-17(22)10-16/h5-11H,12H2,1-4H3,(H2,23,24,25,27). The predicted octanol–water partition coefficient (Wildman–Crippen LogP) is 3.40. The molecule has 2 N–H and O–H groups in total. The molecule has 0 fully saturated rings. The van der Waals surface area contributed by atoms with Crippen LogP contribution < -0.4 is 5.32 Å². The number of aromatic amines is 1. The molecule has 0 unspecified atom stereocenters. The Hall–Kier alpha value is -3.04. The van der Waals surface area contributed by atoms with Gasteiger partial charge in [-0.1, -0.05) is 29.8 Å². The summed E-state index contributed by atoms with van der Waals surface area (Å²) in [4.78, 5) is 12.6. The van der Waals surface area contributed by atoms with E-state index in [9.17, 15) is 17.6 Å². The molecule has 0 bridgehead atoms. The maximum Gasteiger partial charge on any atom is 0.243 e. The molecule has 0 atom stereocenters. The number of aromatic nitrogens is 2. The van der Waals surface area contributed by atoms with Crippen LogP contribution in [-0.4, -0.2) is 42.4 Å². The van der Waals surface area contributed by atoms with Crippen molar-refractivity contribution in [3.05, 3.63) is 65.0 Å². The number of H-pyrrole nitrogens is 1. The summed E-state index contributed by atoms with van der Waals surface area (Å²) in [6.07, 6.45) is 0. The Kier molecular flexibility index (Phi) is 6.04. The van der Waals surface area contributed by atoms with Gasteiger partial charge < -0.3 is 5.32 Å². The molecule has 9 heteroatoms. The van der Waals surface area contributed by atoms with Crippen molar-refractivity contribution in [1.82, 2.24) is 14.5 Å².